The molecule has 0 spiro atoms. The molecule has 2 nitrogen and oxygen atoms in total. The van der Waals surface area contributed by atoms with Crippen LogP contribution < -0.4 is 5.73 Å². The Balaban J connectivity index is 3.29. The van der Waals surface area contributed by atoms with Gasteiger partial charge < -0.3 is 10.8 Å². The van der Waals surface area contributed by atoms with Crippen molar-refractivity contribution in [3.63, 3.8) is 0 Å². The Kier molecular flexibility index (Phi) is 2.10. The van der Waals surface area contributed by atoms with Crippen LogP contribution in [0.1, 0.15) is 11.1 Å². The lowest BCUT2D eigenvalue weighted by atomic mass is 10.1. The molecule has 0 bridgehead atoms. The van der Waals surface area contributed by atoms with Crippen molar-refractivity contribution in [3.8, 4) is 0 Å². The molecule has 0 radical (unpaired) electrons. The first-order valence-electron chi connectivity index (χ1n) is 3.31. The number of nitrogens with two attached hydrogens (primary N) is 1. The lowest BCUT2D eigenvalue weighted by Crippen LogP contribution is -2.00. The summed E-state index contributed by atoms with van der Waals surface area (Å²) >= 11 is 0. The van der Waals surface area contributed by atoms with Gasteiger partial charge in [-0.2, -0.15) is 0 Å². The second kappa shape index (κ2) is 2.88. The third-order valence-corrected chi connectivity index (χ3v) is 1.70. The number of aliphatic hydroxyl groups excluding tert-OH is 1. The van der Waals surface area contributed by atoms with Crippen LogP contribution >= 0.6 is 0 Å². The quantitative estimate of drug-likeness (QED) is 0.599. The average molecular weight is 155 g/mol. The molecule has 0 heterocycles. The maximum atomic E-state index is 12.7. The largest absolute Gasteiger partial charge is 0.396 e. The zero-order chi connectivity index (χ0) is 8.43. The molecule has 60 valence electrons. The predicted molar refractivity (Wildman–Crippen MR) is 41.5 cm³/mol. The summed E-state index contributed by atoms with van der Waals surface area (Å²) in [6.07, 6.45) is 0. The highest BCUT2D eigenvalue weighted by Crippen LogP contribution is 2.19. The third kappa shape index (κ3) is 1.33. The van der Waals surface area contributed by atoms with Gasteiger partial charge in [-0.05, 0) is 18.6 Å². The summed E-state index contributed by atoms with van der Waals surface area (Å²) in [4.78, 5) is 0. The number of benzene rings is 1. The molecule has 1 aromatic rings. The minimum atomic E-state index is -0.473. The van der Waals surface area contributed by atoms with Crippen molar-refractivity contribution >= 4 is 5.69 Å². The molecule has 3 N–H and O–H groups in total. The second-order valence-corrected chi connectivity index (χ2v) is 2.41. The fraction of sp³-hybridized carbons (Fsp3) is 0.250. The van der Waals surface area contributed by atoms with E-state index in [1.54, 1.807) is 13.0 Å². The Hall–Kier alpha value is -1.09. The van der Waals surface area contributed by atoms with E-state index in [0.29, 0.717) is 5.56 Å². The Bertz CT molecular complexity index is 273. The molecular weight excluding hydrogens is 145 g/mol. The van der Waals surface area contributed by atoms with E-state index >= 15 is 0 Å². The lowest BCUT2D eigenvalue weighted by molar-refractivity contribution is 0.281. The summed E-state index contributed by atoms with van der Waals surface area (Å²) in [7, 11) is 0. The first-order chi connectivity index (χ1) is 5.16. The Morgan fingerprint density at radius 2 is 2.18 bits per heavy atom. The van der Waals surface area contributed by atoms with E-state index in [-0.39, 0.29) is 12.3 Å². The van der Waals surface area contributed by atoms with Crippen molar-refractivity contribution in [2.24, 2.45) is 0 Å². The monoisotopic (exact) mass is 155 g/mol. The minimum Gasteiger partial charge on any atom is -0.396 e. The van der Waals surface area contributed by atoms with Gasteiger partial charge in [0, 0.05) is 5.56 Å². The highest BCUT2D eigenvalue weighted by molar-refractivity contribution is 5.51. The summed E-state index contributed by atoms with van der Waals surface area (Å²) in [5.41, 5.74) is 6.70. The normalized spacial score (nSPS) is 10.1. The van der Waals surface area contributed by atoms with Crippen LogP contribution in [0.2, 0.25) is 0 Å². The van der Waals surface area contributed by atoms with E-state index in [1.165, 1.54) is 6.07 Å². The standard InChI is InChI=1S/C8H10FNO/c1-5-2-3-7(9)8(10)6(5)4-11/h2-3,11H,4,10H2,1H3. The fourth-order valence-corrected chi connectivity index (χ4v) is 0.955. The van der Waals surface area contributed by atoms with Crippen molar-refractivity contribution in [1.29, 1.82) is 0 Å². The molecule has 3 heteroatoms. The molecule has 0 unspecified atom stereocenters. The maximum absolute atomic E-state index is 12.7. The van der Waals surface area contributed by atoms with Gasteiger partial charge in [-0.1, -0.05) is 6.07 Å². The highest BCUT2D eigenvalue weighted by Gasteiger charge is 2.05. The van der Waals surface area contributed by atoms with E-state index in [4.69, 9.17) is 10.8 Å². The molecule has 0 saturated carbocycles. The van der Waals surface area contributed by atoms with Gasteiger partial charge in [0.1, 0.15) is 5.82 Å². The number of nitrogen functional groups attached to an aromatic ring is 1. The van der Waals surface area contributed by atoms with Crippen LogP contribution in [-0.4, -0.2) is 5.11 Å². The number of halogens is 1. The Labute approximate surface area is 64.5 Å². The van der Waals surface area contributed by atoms with Gasteiger partial charge in [-0.25, -0.2) is 4.39 Å². The number of aryl methyl sites for hydroxylation is 1. The van der Waals surface area contributed by atoms with Gasteiger partial charge in [-0.15, -0.1) is 0 Å². The number of rotatable bonds is 1. The van der Waals surface area contributed by atoms with Crippen molar-refractivity contribution < 1.29 is 9.50 Å². The SMILES string of the molecule is Cc1ccc(F)c(N)c1CO. The van der Waals surface area contributed by atoms with Gasteiger partial charge in [0.25, 0.3) is 0 Å². The van der Waals surface area contributed by atoms with E-state index in [2.05, 4.69) is 0 Å². The number of aliphatic hydroxyl groups is 1. The smallest absolute Gasteiger partial charge is 0.146 e. The van der Waals surface area contributed by atoms with Crippen molar-refractivity contribution in [2.75, 3.05) is 5.73 Å². The van der Waals surface area contributed by atoms with E-state index < -0.39 is 5.82 Å². The summed E-state index contributed by atoms with van der Waals surface area (Å²) in [6.45, 7) is 1.57. The van der Waals surface area contributed by atoms with Gasteiger partial charge in [-0.3, -0.25) is 0 Å². The van der Waals surface area contributed by atoms with Crippen LogP contribution in [0.25, 0.3) is 0 Å². The number of hydrogen-bond acceptors (Lipinski definition) is 2. The number of anilines is 1. The van der Waals surface area contributed by atoms with Gasteiger partial charge in [0.05, 0.1) is 12.3 Å². The van der Waals surface area contributed by atoms with Crippen molar-refractivity contribution in [1.82, 2.24) is 0 Å². The number of hydrogen-bond donors (Lipinski definition) is 2. The lowest BCUT2D eigenvalue weighted by Gasteiger charge is -2.06. The second-order valence-electron chi connectivity index (χ2n) is 2.41. The van der Waals surface area contributed by atoms with Crippen LogP contribution in [0.15, 0.2) is 12.1 Å². The molecule has 0 saturated heterocycles. The van der Waals surface area contributed by atoms with Crippen LogP contribution in [0.5, 0.6) is 0 Å². The van der Waals surface area contributed by atoms with Gasteiger partial charge >= 0.3 is 0 Å². The molecule has 1 aromatic carbocycles. The first kappa shape index (κ1) is 8.01. The van der Waals surface area contributed by atoms with Crippen LogP contribution in [0, 0.1) is 12.7 Å². The first-order valence-corrected chi connectivity index (χ1v) is 3.31. The molecule has 0 aliphatic carbocycles. The molecule has 0 atom stereocenters. The van der Waals surface area contributed by atoms with Crippen molar-refractivity contribution in [2.45, 2.75) is 13.5 Å². The maximum Gasteiger partial charge on any atom is 0.146 e. The molecule has 0 aromatic heterocycles. The fourth-order valence-electron chi connectivity index (χ4n) is 0.955. The molecule has 1 rings (SSSR count). The summed E-state index contributed by atoms with van der Waals surface area (Å²) in [6, 6.07) is 2.89. The van der Waals surface area contributed by atoms with E-state index in [0.717, 1.165) is 5.56 Å². The van der Waals surface area contributed by atoms with Crippen LogP contribution in [-0.2, 0) is 6.61 Å². The Morgan fingerprint density at radius 3 is 2.64 bits per heavy atom. The van der Waals surface area contributed by atoms with Crippen LogP contribution in [0.3, 0.4) is 0 Å². The molecule has 0 amide bonds. The van der Waals surface area contributed by atoms with E-state index in [9.17, 15) is 4.39 Å². The van der Waals surface area contributed by atoms with Crippen molar-refractivity contribution in [3.05, 3.63) is 29.1 Å². The predicted octanol–water partition coefficient (Wildman–Crippen LogP) is 1.21. The molecular formula is C8H10FNO. The van der Waals surface area contributed by atoms with Gasteiger partial charge in [0.2, 0.25) is 0 Å². The topological polar surface area (TPSA) is 46.2 Å². The molecule has 11 heavy (non-hydrogen) atoms. The summed E-state index contributed by atoms with van der Waals surface area (Å²) in [5.74, 6) is -0.473. The summed E-state index contributed by atoms with van der Waals surface area (Å²) in [5, 5.41) is 8.78. The third-order valence-electron chi connectivity index (χ3n) is 1.70. The molecule has 0 aliphatic rings. The Morgan fingerprint density at radius 1 is 1.55 bits per heavy atom. The summed E-state index contributed by atoms with van der Waals surface area (Å²) < 4.78 is 12.7. The minimum absolute atomic E-state index is 0.0486. The highest BCUT2D eigenvalue weighted by atomic mass is 19.1. The molecule has 0 aliphatic heterocycles. The molecule has 0 fully saturated rings. The van der Waals surface area contributed by atoms with E-state index in [1.807, 2.05) is 0 Å². The average Bonchev–Trinajstić information content (AvgIpc) is 1.99. The zero-order valence-electron chi connectivity index (χ0n) is 6.26. The van der Waals surface area contributed by atoms with Gasteiger partial charge in [0.15, 0.2) is 0 Å². The van der Waals surface area contributed by atoms with Crippen LogP contribution in [0.4, 0.5) is 10.1 Å². The zero-order valence-corrected chi connectivity index (χ0v) is 6.26.